The van der Waals surface area contributed by atoms with Gasteiger partial charge in [-0.2, -0.15) is 0 Å². The molecular formula is C15H15N5S. The maximum Gasteiger partial charge on any atom is 0.127 e. The standard InChI is InChI=1S/C15H15N5S/c1-20-7-6-17-14(20)9-18-13-8-11(15(16)21)10-4-2-3-5-12(10)19-13/h2-8H,9H2,1H3,(H2,16,21)(H,18,19). The molecule has 2 aromatic heterocycles. The van der Waals surface area contributed by atoms with Gasteiger partial charge in [0, 0.05) is 30.4 Å². The van der Waals surface area contributed by atoms with Crippen molar-refractivity contribution in [3.8, 4) is 0 Å². The van der Waals surface area contributed by atoms with Crippen LogP contribution in [0.4, 0.5) is 5.82 Å². The number of pyridine rings is 1. The number of aryl methyl sites for hydroxylation is 1. The van der Waals surface area contributed by atoms with Gasteiger partial charge in [0.25, 0.3) is 0 Å². The molecule has 0 atom stereocenters. The van der Waals surface area contributed by atoms with Crippen molar-refractivity contribution >= 4 is 33.9 Å². The molecule has 3 aromatic rings. The van der Waals surface area contributed by atoms with Crippen LogP contribution in [0.25, 0.3) is 10.9 Å². The number of benzene rings is 1. The van der Waals surface area contributed by atoms with E-state index in [1.165, 1.54) is 0 Å². The van der Waals surface area contributed by atoms with Crippen LogP contribution in [0.3, 0.4) is 0 Å². The maximum absolute atomic E-state index is 5.82. The molecule has 5 nitrogen and oxygen atoms in total. The Morgan fingerprint density at radius 1 is 1.38 bits per heavy atom. The van der Waals surface area contributed by atoms with Crippen LogP contribution in [0.5, 0.6) is 0 Å². The number of hydrogen-bond donors (Lipinski definition) is 2. The van der Waals surface area contributed by atoms with E-state index in [4.69, 9.17) is 18.0 Å². The first kappa shape index (κ1) is 13.5. The quantitative estimate of drug-likeness (QED) is 0.723. The number of nitrogens with zero attached hydrogens (tertiary/aromatic N) is 3. The molecule has 106 valence electrons. The lowest BCUT2D eigenvalue weighted by Crippen LogP contribution is -2.12. The number of nitrogens with two attached hydrogens (primary N) is 1. The normalized spacial score (nSPS) is 10.7. The Morgan fingerprint density at radius 3 is 2.90 bits per heavy atom. The van der Waals surface area contributed by atoms with Gasteiger partial charge in [-0.05, 0) is 12.1 Å². The average molecular weight is 297 g/mol. The SMILES string of the molecule is Cn1ccnc1CNc1cc(C(N)=S)c2ccccc2n1. The first-order valence-electron chi connectivity index (χ1n) is 6.55. The first-order valence-corrected chi connectivity index (χ1v) is 6.95. The molecule has 21 heavy (non-hydrogen) atoms. The number of rotatable bonds is 4. The number of imidazole rings is 1. The third-order valence-corrected chi connectivity index (χ3v) is 3.55. The second-order valence-electron chi connectivity index (χ2n) is 4.74. The molecule has 0 unspecified atom stereocenters. The Labute approximate surface area is 127 Å². The van der Waals surface area contributed by atoms with Gasteiger partial charge in [-0.1, -0.05) is 30.4 Å². The van der Waals surface area contributed by atoms with Crippen LogP contribution in [0.1, 0.15) is 11.4 Å². The summed E-state index contributed by atoms with van der Waals surface area (Å²) >= 11 is 5.14. The van der Waals surface area contributed by atoms with Crippen LogP contribution < -0.4 is 11.1 Å². The zero-order valence-electron chi connectivity index (χ0n) is 11.6. The van der Waals surface area contributed by atoms with Crippen molar-refractivity contribution < 1.29 is 0 Å². The highest BCUT2D eigenvalue weighted by atomic mass is 32.1. The zero-order valence-corrected chi connectivity index (χ0v) is 12.4. The van der Waals surface area contributed by atoms with Gasteiger partial charge >= 0.3 is 0 Å². The zero-order chi connectivity index (χ0) is 14.8. The molecule has 0 aliphatic rings. The van der Waals surface area contributed by atoms with E-state index < -0.39 is 0 Å². The second-order valence-corrected chi connectivity index (χ2v) is 5.18. The second kappa shape index (κ2) is 5.49. The topological polar surface area (TPSA) is 68.8 Å². The first-order chi connectivity index (χ1) is 10.1. The summed E-state index contributed by atoms with van der Waals surface area (Å²) in [6, 6.07) is 9.70. The maximum atomic E-state index is 5.82. The molecule has 0 aliphatic carbocycles. The minimum Gasteiger partial charge on any atom is -0.389 e. The summed E-state index contributed by atoms with van der Waals surface area (Å²) in [7, 11) is 1.96. The van der Waals surface area contributed by atoms with Crippen LogP contribution in [0.2, 0.25) is 0 Å². The molecule has 0 bridgehead atoms. The van der Waals surface area contributed by atoms with E-state index in [9.17, 15) is 0 Å². The highest BCUT2D eigenvalue weighted by molar-refractivity contribution is 7.80. The number of aromatic nitrogens is 3. The molecule has 2 heterocycles. The van der Waals surface area contributed by atoms with Crippen LogP contribution in [0, 0.1) is 0 Å². The summed E-state index contributed by atoms with van der Waals surface area (Å²) < 4.78 is 1.96. The van der Waals surface area contributed by atoms with Crippen LogP contribution >= 0.6 is 12.2 Å². The fourth-order valence-corrected chi connectivity index (χ4v) is 2.38. The molecule has 0 aliphatic heterocycles. The Kier molecular flexibility index (Phi) is 3.53. The molecule has 3 rings (SSSR count). The van der Waals surface area contributed by atoms with Gasteiger partial charge in [-0.3, -0.25) is 0 Å². The highest BCUT2D eigenvalue weighted by Gasteiger charge is 2.08. The summed E-state index contributed by atoms with van der Waals surface area (Å²) in [5.41, 5.74) is 7.52. The molecule has 0 saturated carbocycles. The van der Waals surface area contributed by atoms with Crippen molar-refractivity contribution in [1.82, 2.24) is 14.5 Å². The largest absolute Gasteiger partial charge is 0.389 e. The van der Waals surface area contributed by atoms with Gasteiger partial charge in [0.1, 0.15) is 16.6 Å². The van der Waals surface area contributed by atoms with Gasteiger partial charge in [-0.15, -0.1) is 0 Å². The molecule has 0 amide bonds. The third kappa shape index (κ3) is 2.71. The molecule has 1 aromatic carbocycles. The smallest absolute Gasteiger partial charge is 0.127 e. The lowest BCUT2D eigenvalue weighted by atomic mass is 10.1. The van der Waals surface area contributed by atoms with E-state index in [-0.39, 0.29) is 0 Å². The molecule has 0 radical (unpaired) electrons. The van der Waals surface area contributed by atoms with E-state index >= 15 is 0 Å². The van der Waals surface area contributed by atoms with Crippen molar-refractivity contribution in [2.24, 2.45) is 12.8 Å². The fraction of sp³-hybridized carbons (Fsp3) is 0.133. The van der Waals surface area contributed by atoms with E-state index in [1.54, 1.807) is 6.20 Å². The number of para-hydroxylation sites is 1. The summed E-state index contributed by atoms with van der Waals surface area (Å²) in [4.78, 5) is 9.23. The van der Waals surface area contributed by atoms with Gasteiger partial charge in [0.05, 0.1) is 12.1 Å². The van der Waals surface area contributed by atoms with Crippen molar-refractivity contribution in [2.75, 3.05) is 5.32 Å². The molecule has 0 spiro atoms. The lowest BCUT2D eigenvalue weighted by molar-refractivity contribution is 0.811. The van der Waals surface area contributed by atoms with Crippen LogP contribution in [0.15, 0.2) is 42.7 Å². The van der Waals surface area contributed by atoms with Crippen molar-refractivity contribution in [3.05, 3.63) is 54.1 Å². The van der Waals surface area contributed by atoms with Gasteiger partial charge in [0.2, 0.25) is 0 Å². The highest BCUT2D eigenvalue weighted by Crippen LogP contribution is 2.21. The summed E-state index contributed by atoms with van der Waals surface area (Å²) in [5.74, 6) is 1.67. The number of hydrogen-bond acceptors (Lipinski definition) is 4. The summed E-state index contributed by atoms with van der Waals surface area (Å²) in [6.45, 7) is 0.589. The molecule has 3 N–H and O–H groups in total. The number of anilines is 1. The monoisotopic (exact) mass is 297 g/mol. The molecule has 0 fully saturated rings. The molecule has 0 saturated heterocycles. The number of fused-ring (bicyclic) bond motifs is 1. The van der Waals surface area contributed by atoms with Crippen LogP contribution in [-0.4, -0.2) is 19.5 Å². The van der Waals surface area contributed by atoms with Crippen molar-refractivity contribution in [1.29, 1.82) is 0 Å². The number of nitrogens with one attached hydrogen (secondary N) is 1. The van der Waals surface area contributed by atoms with Crippen molar-refractivity contribution in [3.63, 3.8) is 0 Å². The van der Waals surface area contributed by atoms with E-state index in [0.29, 0.717) is 11.5 Å². The van der Waals surface area contributed by atoms with Crippen molar-refractivity contribution in [2.45, 2.75) is 6.54 Å². The lowest BCUT2D eigenvalue weighted by Gasteiger charge is -2.10. The van der Waals surface area contributed by atoms with Gasteiger partial charge in [0.15, 0.2) is 0 Å². The summed E-state index contributed by atoms with van der Waals surface area (Å²) in [5, 5.41) is 4.23. The Bertz CT molecular complexity index is 809. The minimum absolute atomic E-state index is 0.369. The molecule has 6 heteroatoms. The third-order valence-electron chi connectivity index (χ3n) is 3.33. The molecular weight excluding hydrogens is 282 g/mol. The predicted octanol–water partition coefficient (Wildman–Crippen LogP) is 2.21. The number of thiocarbonyl (C=S) groups is 1. The minimum atomic E-state index is 0.369. The predicted molar refractivity (Wildman–Crippen MR) is 88.2 cm³/mol. The van der Waals surface area contributed by atoms with E-state index in [0.717, 1.165) is 28.1 Å². The van der Waals surface area contributed by atoms with E-state index in [2.05, 4.69) is 15.3 Å². The summed E-state index contributed by atoms with van der Waals surface area (Å²) in [6.07, 6.45) is 3.68. The Balaban J connectivity index is 1.95. The van der Waals surface area contributed by atoms with E-state index in [1.807, 2.05) is 48.1 Å². The Hall–Kier alpha value is -2.47. The average Bonchev–Trinajstić information content (AvgIpc) is 2.89. The fourth-order valence-electron chi connectivity index (χ4n) is 2.21. The Morgan fingerprint density at radius 2 is 2.19 bits per heavy atom. The van der Waals surface area contributed by atoms with Gasteiger partial charge in [-0.25, -0.2) is 9.97 Å². The van der Waals surface area contributed by atoms with Gasteiger partial charge < -0.3 is 15.6 Å². The van der Waals surface area contributed by atoms with Crippen LogP contribution in [-0.2, 0) is 13.6 Å².